The summed E-state index contributed by atoms with van der Waals surface area (Å²) in [6, 6.07) is 0.184. The average Bonchev–Trinajstić information content (AvgIpc) is 2.39. The smallest absolute Gasteiger partial charge is 0.236 e. The number of morpholine rings is 1. The van der Waals surface area contributed by atoms with Crippen LogP contribution in [0.1, 0.15) is 19.8 Å². The molecular formula is C13H23N3O3. The SMILES string of the molecule is CC(=O)N[C@H]1CCCN(CC(=O)N2CCOCC2)C1. The highest BCUT2D eigenvalue weighted by molar-refractivity contribution is 5.78. The van der Waals surface area contributed by atoms with E-state index in [1.807, 2.05) is 4.90 Å². The lowest BCUT2D eigenvalue weighted by molar-refractivity contribution is -0.136. The molecule has 0 aromatic rings. The normalized spacial score (nSPS) is 25.1. The van der Waals surface area contributed by atoms with Crippen LogP contribution in [0.25, 0.3) is 0 Å². The topological polar surface area (TPSA) is 61.9 Å². The zero-order valence-electron chi connectivity index (χ0n) is 11.6. The van der Waals surface area contributed by atoms with E-state index in [4.69, 9.17) is 4.74 Å². The molecule has 2 heterocycles. The molecule has 108 valence electrons. The second-order valence-corrected chi connectivity index (χ2v) is 5.27. The summed E-state index contributed by atoms with van der Waals surface area (Å²) in [5.74, 6) is 0.179. The van der Waals surface area contributed by atoms with Gasteiger partial charge in [-0.15, -0.1) is 0 Å². The molecule has 2 saturated heterocycles. The lowest BCUT2D eigenvalue weighted by atomic mass is 10.1. The van der Waals surface area contributed by atoms with Crippen LogP contribution in [0, 0.1) is 0 Å². The van der Waals surface area contributed by atoms with Crippen LogP contribution in [0.4, 0.5) is 0 Å². The van der Waals surface area contributed by atoms with E-state index < -0.39 is 0 Å². The first kappa shape index (κ1) is 14.3. The van der Waals surface area contributed by atoms with Gasteiger partial charge >= 0.3 is 0 Å². The summed E-state index contributed by atoms with van der Waals surface area (Å²) in [4.78, 5) is 27.2. The second-order valence-electron chi connectivity index (χ2n) is 5.27. The van der Waals surface area contributed by atoms with Gasteiger partial charge in [0.2, 0.25) is 11.8 Å². The van der Waals surface area contributed by atoms with Gasteiger partial charge in [-0.1, -0.05) is 0 Å². The van der Waals surface area contributed by atoms with E-state index in [2.05, 4.69) is 10.2 Å². The van der Waals surface area contributed by atoms with Gasteiger partial charge in [-0.3, -0.25) is 14.5 Å². The quantitative estimate of drug-likeness (QED) is 0.746. The third kappa shape index (κ3) is 4.47. The van der Waals surface area contributed by atoms with E-state index >= 15 is 0 Å². The fraction of sp³-hybridized carbons (Fsp3) is 0.846. The van der Waals surface area contributed by atoms with Gasteiger partial charge in [0.25, 0.3) is 0 Å². The average molecular weight is 269 g/mol. The molecule has 2 aliphatic heterocycles. The van der Waals surface area contributed by atoms with Gasteiger partial charge in [-0.05, 0) is 19.4 Å². The van der Waals surface area contributed by atoms with Crippen molar-refractivity contribution in [3.63, 3.8) is 0 Å². The highest BCUT2D eigenvalue weighted by Crippen LogP contribution is 2.10. The molecule has 0 aromatic heterocycles. The number of hydrogen-bond acceptors (Lipinski definition) is 4. The van der Waals surface area contributed by atoms with Crippen molar-refractivity contribution >= 4 is 11.8 Å². The molecule has 6 heteroatoms. The number of carbonyl (C=O) groups excluding carboxylic acids is 2. The lowest BCUT2D eigenvalue weighted by Gasteiger charge is -2.34. The Morgan fingerprint density at radius 1 is 1.26 bits per heavy atom. The Balaban J connectivity index is 1.77. The molecule has 0 radical (unpaired) electrons. The molecule has 0 bridgehead atoms. The molecule has 0 unspecified atom stereocenters. The standard InChI is InChI=1S/C13H23N3O3/c1-11(17)14-12-3-2-4-15(9-12)10-13(18)16-5-7-19-8-6-16/h12H,2-10H2,1H3,(H,14,17)/t12-/m0/s1. The molecule has 2 amide bonds. The van der Waals surface area contributed by atoms with Crippen molar-refractivity contribution in [2.75, 3.05) is 45.9 Å². The maximum Gasteiger partial charge on any atom is 0.236 e. The maximum atomic E-state index is 12.1. The van der Waals surface area contributed by atoms with Crippen LogP contribution in [0.3, 0.4) is 0 Å². The Labute approximate surface area is 114 Å². The van der Waals surface area contributed by atoms with Gasteiger partial charge in [0, 0.05) is 32.6 Å². The summed E-state index contributed by atoms with van der Waals surface area (Å²) in [7, 11) is 0. The highest BCUT2D eigenvalue weighted by atomic mass is 16.5. The van der Waals surface area contributed by atoms with E-state index in [0.717, 1.165) is 25.9 Å². The van der Waals surface area contributed by atoms with Crippen LogP contribution >= 0.6 is 0 Å². The number of likely N-dealkylation sites (tertiary alicyclic amines) is 1. The molecule has 19 heavy (non-hydrogen) atoms. The van der Waals surface area contributed by atoms with Gasteiger partial charge in [-0.2, -0.15) is 0 Å². The maximum absolute atomic E-state index is 12.1. The van der Waals surface area contributed by atoms with Gasteiger partial charge in [0.05, 0.1) is 19.8 Å². The lowest BCUT2D eigenvalue weighted by Crippen LogP contribution is -2.51. The van der Waals surface area contributed by atoms with E-state index in [-0.39, 0.29) is 17.9 Å². The predicted octanol–water partition coefficient (Wildman–Crippen LogP) is -0.554. The van der Waals surface area contributed by atoms with Gasteiger partial charge in [-0.25, -0.2) is 0 Å². The van der Waals surface area contributed by atoms with Crippen LogP contribution < -0.4 is 5.32 Å². The highest BCUT2D eigenvalue weighted by Gasteiger charge is 2.24. The molecule has 1 atom stereocenters. The minimum Gasteiger partial charge on any atom is -0.378 e. The minimum absolute atomic E-state index is 0.00589. The zero-order valence-corrected chi connectivity index (χ0v) is 11.6. The third-order valence-corrected chi connectivity index (χ3v) is 3.64. The van der Waals surface area contributed by atoms with E-state index in [1.165, 1.54) is 6.92 Å². The van der Waals surface area contributed by atoms with Crippen molar-refractivity contribution in [2.24, 2.45) is 0 Å². The number of carbonyl (C=O) groups is 2. The molecule has 0 aromatic carbocycles. The molecule has 2 rings (SSSR count). The Hall–Kier alpha value is -1.14. The third-order valence-electron chi connectivity index (χ3n) is 3.64. The Kier molecular flexibility index (Phi) is 5.15. The van der Waals surface area contributed by atoms with Gasteiger partial charge in [0.1, 0.15) is 0 Å². The summed E-state index contributed by atoms with van der Waals surface area (Å²) < 4.78 is 5.25. The summed E-state index contributed by atoms with van der Waals surface area (Å²) in [5.41, 5.74) is 0. The first-order chi connectivity index (χ1) is 9.15. The van der Waals surface area contributed by atoms with Gasteiger partial charge in [0.15, 0.2) is 0 Å². The Morgan fingerprint density at radius 3 is 2.68 bits per heavy atom. The molecular weight excluding hydrogens is 246 g/mol. The number of amides is 2. The Bertz CT molecular complexity index is 329. The monoisotopic (exact) mass is 269 g/mol. The number of hydrogen-bond donors (Lipinski definition) is 1. The van der Waals surface area contributed by atoms with Crippen LogP contribution in [0.2, 0.25) is 0 Å². The number of ether oxygens (including phenoxy) is 1. The van der Waals surface area contributed by atoms with Crippen LogP contribution in [-0.2, 0) is 14.3 Å². The molecule has 1 N–H and O–H groups in total. The first-order valence-electron chi connectivity index (χ1n) is 7.00. The largest absolute Gasteiger partial charge is 0.378 e. The van der Waals surface area contributed by atoms with Gasteiger partial charge < -0.3 is 15.0 Å². The molecule has 0 spiro atoms. The van der Waals surface area contributed by atoms with Crippen molar-refractivity contribution in [3.05, 3.63) is 0 Å². The fourth-order valence-electron chi connectivity index (χ4n) is 2.71. The number of nitrogens with one attached hydrogen (secondary N) is 1. The van der Waals surface area contributed by atoms with Crippen LogP contribution in [0.15, 0.2) is 0 Å². The second kappa shape index (κ2) is 6.86. The number of piperidine rings is 1. The summed E-state index contributed by atoms with van der Waals surface area (Å²) >= 11 is 0. The number of nitrogens with zero attached hydrogens (tertiary/aromatic N) is 2. The molecule has 2 fully saturated rings. The fourth-order valence-corrected chi connectivity index (χ4v) is 2.71. The summed E-state index contributed by atoms with van der Waals surface area (Å²) in [5, 5.41) is 2.94. The minimum atomic E-state index is 0.00589. The van der Waals surface area contributed by atoms with Crippen molar-refractivity contribution in [2.45, 2.75) is 25.8 Å². The van der Waals surface area contributed by atoms with Crippen molar-refractivity contribution in [1.82, 2.24) is 15.1 Å². The zero-order chi connectivity index (χ0) is 13.7. The van der Waals surface area contributed by atoms with Crippen LogP contribution in [-0.4, -0.2) is 73.6 Å². The van der Waals surface area contributed by atoms with Crippen molar-refractivity contribution < 1.29 is 14.3 Å². The van der Waals surface area contributed by atoms with Crippen LogP contribution in [0.5, 0.6) is 0 Å². The molecule has 2 aliphatic rings. The van der Waals surface area contributed by atoms with Crippen molar-refractivity contribution in [3.8, 4) is 0 Å². The molecule has 0 aliphatic carbocycles. The van der Waals surface area contributed by atoms with E-state index in [9.17, 15) is 9.59 Å². The number of rotatable bonds is 3. The predicted molar refractivity (Wildman–Crippen MR) is 70.7 cm³/mol. The molecule has 6 nitrogen and oxygen atoms in total. The summed E-state index contributed by atoms with van der Waals surface area (Å²) in [6.07, 6.45) is 2.03. The van der Waals surface area contributed by atoms with E-state index in [1.54, 1.807) is 0 Å². The Morgan fingerprint density at radius 2 is 2.00 bits per heavy atom. The van der Waals surface area contributed by atoms with Crippen molar-refractivity contribution in [1.29, 1.82) is 0 Å². The summed E-state index contributed by atoms with van der Waals surface area (Å²) in [6.45, 7) is 6.37. The first-order valence-corrected chi connectivity index (χ1v) is 7.00. The molecule has 0 saturated carbocycles. The van der Waals surface area contributed by atoms with E-state index in [0.29, 0.717) is 32.8 Å².